The Hall–Kier alpha value is -1.22. The van der Waals surface area contributed by atoms with E-state index in [2.05, 4.69) is 55.4 Å². The van der Waals surface area contributed by atoms with E-state index in [9.17, 15) is 0 Å². The summed E-state index contributed by atoms with van der Waals surface area (Å²) >= 11 is 0. The molecule has 0 spiro atoms. The second kappa shape index (κ2) is 13.4. The van der Waals surface area contributed by atoms with Crippen molar-refractivity contribution in [2.75, 3.05) is 26.2 Å². The lowest BCUT2D eigenvalue weighted by molar-refractivity contribution is 0.276. The smallest absolute Gasteiger partial charge is 0.269 e. The third kappa shape index (κ3) is 8.41. The lowest BCUT2D eigenvalue weighted by atomic mass is 10.2. The molecule has 0 aliphatic rings. The highest BCUT2D eigenvalue weighted by Crippen LogP contribution is 2.66. The molecule has 2 atom stereocenters. The monoisotopic (exact) mass is 520 g/mol. The Labute approximate surface area is 214 Å². The van der Waals surface area contributed by atoms with E-state index in [1.165, 1.54) is 0 Å². The van der Waals surface area contributed by atoms with Gasteiger partial charge in [0.25, 0.3) is 0 Å². The van der Waals surface area contributed by atoms with Gasteiger partial charge in [-0.15, -0.1) is 0 Å². The van der Waals surface area contributed by atoms with Gasteiger partial charge >= 0.3 is 15.0 Å². The minimum absolute atomic E-state index is 0.271. The van der Waals surface area contributed by atoms with Gasteiger partial charge in [-0.25, -0.2) is 13.7 Å². The topological polar surface area (TPSA) is 49.9 Å². The van der Waals surface area contributed by atoms with Crippen LogP contribution in [0.25, 0.3) is 0 Å². The van der Waals surface area contributed by atoms with Gasteiger partial charge in [-0.1, -0.05) is 91.8 Å². The van der Waals surface area contributed by atoms with Gasteiger partial charge in [-0.2, -0.15) is 0 Å². The summed E-state index contributed by atoms with van der Waals surface area (Å²) in [6, 6.07) is 18.7. The molecule has 2 aromatic rings. The second-order valence-electron chi connectivity index (χ2n) is 11.1. The molecule has 0 aliphatic carbocycles. The Morgan fingerprint density at radius 1 is 0.543 bits per heavy atom. The number of benzene rings is 2. The maximum Gasteiger partial charge on any atom is 0.309 e. The van der Waals surface area contributed by atoms with Crippen LogP contribution in [0.15, 0.2) is 60.7 Å². The predicted octanol–water partition coefficient (Wildman–Crippen LogP) is 7.27. The number of nitrogens with zero attached hydrogens (tertiary/aromatic N) is 2. The molecule has 5 nitrogen and oxygen atoms in total. The minimum atomic E-state index is -3.69. The molecule has 2 unspecified atom stereocenters. The van der Waals surface area contributed by atoms with Crippen LogP contribution in [0.4, 0.5) is 0 Å². The van der Waals surface area contributed by atoms with E-state index in [1.54, 1.807) is 0 Å². The first kappa shape index (κ1) is 30.0. The van der Waals surface area contributed by atoms with Crippen molar-refractivity contribution in [2.24, 2.45) is 23.7 Å². The fourth-order valence-electron chi connectivity index (χ4n) is 4.17. The van der Waals surface area contributed by atoms with E-state index in [0.717, 1.165) is 0 Å². The molecule has 0 fully saturated rings. The zero-order chi connectivity index (χ0) is 26.2. The molecule has 196 valence electrons. The molecule has 7 heteroatoms. The Morgan fingerprint density at radius 2 is 0.800 bits per heavy atom. The molecular weight excluding hydrogens is 474 g/mol. The quantitative estimate of drug-likeness (QED) is 0.245. The molecule has 35 heavy (non-hydrogen) atoms. The third-order valence-corrected chi connectivity index (χ3v) is 11.2. The van der Waals surface area contributed by atoms with Crippen LogP contribution < -0.4 is 10.6 Å². The molecule has 2 rings (SSSR count). The van der Waals surface area contributed by atoms with Gasteiger partial charge in [0.1, 0.15) is 0 Å². The molecule has 0 aromatic heterocycles. The highest BCUT2D eigenvalue weighted by atomic mass is 31.2. The maximum absolute atomic E-state index is 15.2. The zero-order valence-corrected chi connectivity index (χ0v) is 24.7. The first-order valence-corrected chi connectivity index (χ1v) is 16.1. The molecule has 0 N–H and O–H groups in total. The number of hydrogen-bond acceptors (Lipinski definition) is 3. The van der Waals surface area contributed by atoms with Crippen LogP contribution in [-0.2, 0) is 13.4 Å². The van der Waals surface area contributed by atoms with Crippen LogP contribution >= 0.6 is 15.0 Å². The van der Waals surface area contributed by atoms with Crippen molar-refractivity contribution in [3.05, 3.63) is 60.7 Å². The van der Waals surface area contributed by atoms with Crippen molar-refractivity contribution >= 4 is 25.6 Å². The Bertz CT molecular complexity index is 879. The van der Waals surface area contributed by atoms with Crippen molar-refractivity contribution in [3.63, 3.8) is 0 Å². The highest BCUT2D eigenvalue weighted by molar-refractivity contribution is 7.77. The van der Waals surface area contributed by atoms with Gasteiger partial charge in [-0.05, 0) is 47.9 Å². The number of hydrogen-bond donors (Lipinski definition) is 0. The van der Waals surface area contributed by atoms with Crippen LogP contribution in [0.1, 0.15) is 55.4 Å². The van der Waals surface area contributed by atoms with E-state index in [1.807, 2.05) is 70.0 Å². The number of rotatable bonds is 14. The molecule has 0 bridgehead atoms. The van der Waals surface area contributed by atoms with E-state index in [4.69, 9.17) is 4.31 Å². The van der Waals surface area contributed by atoms with Gasteiger partial charge in [-0.3, -0.25) is 9.13 Å². The molecule has 2 aromatic carbocycles. The van der Waals surface area contributed by atoms with Crippen LogP contribution in [0.3, 0.4) is 0 Å². The molecule has 0 saturated heterocycles. The summed E-state index contributed by atoms with van der Waals surface area (Å²) < 4.78 is 40.9. The first-order chi connectivity index (χ1) is 16.4. The van der Waals surface area contributed by atoms with Crippen LogP contribution in [0, 0.1) is 23.7 Å². The Morgan fingerprint density at radius 3 is 1.03 bits per heavy atom. The van der Waals surface area contributed by atoms with Crippen molar-refractivity contribution in [1.82, 2.24) is 9.34 Å². The standard InChI is InChI=1S/C28H46N2O3P2/c1-23(2)19-29(20-24(3)4)34(31,27-15-11-9-12-16-27)33-35(32,28-17-13-10-14-18-28)30(21-25(5)6)22-26(7)8/h9-18,23-26H,19-22H2,1-8H3. The fourth-order valence-corrected chi connectivity index (χ4v) is 10.9. The normalized spacial score (nSPS) is 15.9. The average Bonchev–Trinajstić information content (AvgIpc) is 2.78. The van der Waals surface area contributed by atoms with Gasteiger partial charge in [0.2, 0.25) is 0 Å². The summed E-state index contributed by atoms with van der Waals surface area (Å²) in [6.45, 7) is 19.3. The summed E-state index contributed by atoms with van der Waals surface area (Å²) in [4.78, 5) is 0. The first-order valence-electron chi connectivity index (χ1n) is 12.9. The zero-order valence-electron chi connectivity index (χ0n) is 22.9. The van der Waals surface area contributed by atoms with Gasteiger partial charge < -0.3 is 0 Å². The SMILES string of the molecule is CC(C)CN(CC(C)C)P(=O)(OP(=O)(c1ccccc1)N(CC(C)C)CC(C)C)c1ccccc1. The molecule has 0 aliphatic heterocycles. The highest BCUT2D eigenvalue weighted by Gasteiger charge is 2.46. The lowest BCUT2D eigenvalue weighted by Crippen LogP contribution is -2.37. The lowest BCUT2D eigenvalue weighted by Gasteiger charge is -2.40. The van der Waals surface area contributed by atoms with E-state index in [0.29, 0.717) is 36.8 Å². The van der Waals surface area contributed by atoms with E-state index < -0.39 is 15.0 Å². The van der Waals surface area contributed by atoms with Crippen molar-refractivity contribution in [2.45, 2.75) is 55.4 Å². The molecule has 0 radical (unpaired) electrons. The van der Waals surface area contributed by atoms with Gasteiger partial charge in [0, 0.05) is 26.2 Å². The van der Waals surface area contributed by atoms with Gasteiger partial charge in [0.15, 0.2) is 0 Å². The largest absolute Gasteiger partial charge is 0.309 e. The Balaban J connectivity index is 2.76. The van der Waals surface area contributed by atoms with Crippen molar-refractivity contribution in [3.8, 4) is 0 Å². The maximum atomic E-state index is 15.2. The average molecular weight is 521 g/mol. The van der Waals surface area contributed by atoms with Crippen LogP contribution in [-0.4, -0.2) is 35.5 Å². The van der Waals surface area contributed by atoms with E-state index in [-0.39, 0.29) is 23.7 Å². The molecule has 0 saturated carbocycles. The van der Waals surface area contributed by atoms with Gasteiger partial charge in [0.05, 0.1) is 10.6 Å². The van der Waals surface area contributed by atoms with Crippen molar-refractivity contribution in [1.29, 1.82) is 0 Å². The summed E-state index contributed by atoms with van der Waals surface area (Å²) in [5.41, 5.74) is 0. The molecule has 0 heterocycles. The van der Waals surface area contributed by atoms with Crippen LogP contribution in [0.5, 0.6) is 0 Å². The Kier molecular flexibility index (Phi) is 11.5. The molecular formula is C28H46N2O3P2. The van der Waals surface area contributed by atoms with Crippen LogP contribution in [0.2, 0.25) is 0 Å². The summed E-state index contributed by atoms with van der Waals surface area (Å²) in [6.07, 6.45) is 0. The summed E-state index contributed by atoms with van der Waals surface area (Å²) in [7, 11) is -7.38. The molecule has 0 amide bonds. The fraction of sp³-hybridized carbons (Fsp3) is 0.571. The minimum Gasteiger partial charge on any atom is -0.269 e. The third-order valence-electron chi connectivity index (χ3n) is 5.43. The van der Waals surface area contributed by atoms with E-state index >= 15 is 9.13 Å². The van der Waals surface area contributed by atoms with Crippen molar-refractivity contribution < 1.29 is 13.4 Å². The second-order valence-corrected chi connectivity index (χ2v) is 16.0. The summed E-state index contributed by atoms with van der Waals surface area (Å²) in [5, 5.41) is 1.18. The summed E-state index contributed by atoms with van der Waals surface area (Å²) in [5.74, 6) is 1.08. The predicted molar refractivity (Wildman–Crippen MR) is 151 cm³/mol.